The maximum absolute atomic E-state index is 13.1. The van der Waals surface area contributed by atoms with Crippen LogP contribution in [0, 0.1) is 11.3 Å². The van der Waals surface area contributed by atoms with Gasteiger partial charge in [0.1, 0.15) is 23.9 Å². The molecule has 144 valence electrons. The van der Waals surface area contributed by atoms with E-state index in [0.29, 0.717) is 16.8 Å². The van der Waals surface area contributed by atoms with Gasteiger partial charge in [-0.05, 0) is 5.56 Å². The van der Waals surface area contributed by atoms with E-state index in [-0.39, 0.29) is 17.9 Å². The first-order valence-corrected chi connectivity index (χ1v) is 9.43. The molecule has 0 bridgehead atoms. The highest BCUT2D eigenvalue weighted by molar-refractivity contribution is 5.96. The monoisotopic (exact) mass is 391 g/mol. The molecule has 0 fully saturated rings. The lowest BCUT2D eigenvalue weighted by atomic mass is 9.96. The van der Waals surface area contributed by atoms with Crippen molar-refractivity contribution in [2.24, 2.45) is 0 Å². The smallest absolute Gasteiger partial charge is 0.285 e. The van der Waals surface area contributed by atoms with Gasteiger partial charge in [-0.2, -0.15) is 10.4 Å². The summed E-state index contributed by atoms with van der Waals surface area (Å²) in [7, 11) is 0. The molecule has 30 heavy (non-hydrogen) atoms. The van der Waals surface area contributed by atoms with E-state index in [1.807, 2.05) is 72.8 Å². The Morgan fingerprint density at radius 3 is 1.93 bits per heavy atom. The molecule has 3 aromatic carbocycles. The van der Waals surface area contributed by atoms with Crippen molar-refractivity contribution in [2.75, 3.05) is 0 Å². The van der Waals surface area contributed by atoms with Crippen molar-refractivity contribution in [3.8, 4) is 28.5 Å². The maximum Gasteiger partial charge on any atom is 0.285 e. The first-order valence-electron chi connectivity index (χ1n) is 9.43. The molecule has 0 aliphatic carbocycles. The lowest BCUT2D eigenvalue weighted by molar-refractivity contribution is 0.0966. The molecule has 0 unspecified atom stereocenters. The summed E-state index contributed by atoms with van der Waals surface area (Å²) >= 11 is 0. The Hall–Kier alpha value is -4.30. The second kappa shape index (κ2) is 8.38. The Balaban J connectivity index is 1.93. The van der Waals surface area contributed by atoms with Gasteiger partial charge in [0.15, 0.2) is 5.78 Å². The van der Waals surface area contributed by atoms with Crippen LogP contribution in [-0.4, -0.2) is 15.6 Å². The van der Waals surface area contributed by atoms with Crippen molar-refractivity contribution < 1.29 is 4.79 Å². The molecular weight excluding hydrogens is 374 g/mol. The number of carbonyl (C=O) groups is 1. The average molecular weight is 391 g/mol. The molecule has 5 nitrogen and oxygen atoms in total. The fourth-order valence-corrected chi connectivity index (χ4v) is 3.32. The summed E-state index contributed by atoms with van der Waals surface area (Å²) in [6.45, 7) is -0.244. The summed E-state index contributed by atoms with van der Waals surface area (Å²) < 4.78 is 1.09. The second-order valence-corrected chi connectivity index (χ2v) is 6.69. The van der Waals surface area contributed by atoms with Crippen LogP contribution < -0.4 is 5.56 Å². The van der Waals surface area contributed by atoms with Gasteiger partial charge >= 0.3 is 0 Å². The largest absolute Gasteiger partial charge is 0.292 e. The van der Waals surface area contributed by atoms with E-state index in [4.69, 9.17) is 0 Å². The van der Waals surface area contributed by atoms with Crippen LogP contribution in [0.15, 0.2) is 95.8 Å². The van der Waals surface area contributed by atoms with Crippen LogP contribution in [0.4, 0.5) is 0 Å². The minimum absolute atomic E-state index is 0.0316. The number of benzene rings is 3. The van der Waals surface area contributed by atoms with Crippen LogP contribution in [0.25, 0.3) is 22.4 Å². The van der Waals surface area contributed by atoms with Gasteiger partial charge in [0.2, 0.25) is 0 Å². The minimum Gasteiger partial charge on any atom is -0.292 e. The highest BCUT2D eigenvalue weighted by Crippen LogP contribution is 2.31. The molecule has 5 heteroatoms. The van der Waals surface area contributed by atoms with Crippen LogP contribution in [0.2, 0.25) is 0 Å². The van der Waals surface area contributed by atoms with E-state index < -0.39 is 5.56 Å². The molecule has 0 aliphatic rings. The number of ketones is 1. The lowest BCUT2D eigenvalue weighted by Crippen LogP contribution is -2.30. The van der Waals surface area contributed by atoms with Crippen LogP contribution in [0.3, 0.4) is 0 Å². The molecule has 0 amide bonds. The Kier molecular flexibility index (Phi) is 5.31. The van der Waals surface area contributed by atoms with Crippen molar-refractivity contribution in [1.82, 2.24) is 9.78 Å². The summed E-state index contributed by atoms with van der Waals surface area (Å²) in [5.74, 6) is -0.249. The summed E-state index contributed by atoms with van der Waals surface area (Å²) in [5.41, 5.74) is 2.30. The van der Waals surface area contributed by atoms with Crippen molar-refractivity contribution in [3.63, 3.8) is 0 Å². The van der Waals surface area contributed by atoms with E-state index >= 15 is 0 Å². The molecule has 4 rings (SSSR count). The molecule has 0 aliphatic heterocycles. The van der Waals surface area contributed by atoms with Crippen LogP contribution in [0.1, 0.15) is 15.9 Å². The Labute approximate surface area is 173 Å². The molecule has 4 aromatic rings. The summed E-state index contributed by atoms with van der Waals surface area (Å²) in [6.07, 6.45) is 0. The normalized spacial score (nSPS) is 10.4. The fourth-order valence-electron chi connectivity index (χ4n) is 3.32. The van der Waals surface area contributed by atoms with Crippen LogP contribution in [-0.2, 0) is 6.54 Å². The van der Waals surface area contributed by atoms with E-state index in [1.165, 1.54) is 0 Å². The minimum atomic E-state index is -0.583. The number of hydrogen-bond acceptors (Lipinski definition) is 4. The van der Waals surface area contributed by atoms with Crippen LogP contribution in [0.5, 0.6) is 0 Å². The molecule has 0 atom stereocenters. The molecule has 0 spiro atoms. The van der Waals surface area contributed by atoms with Crippen molar-refractivity contribution >= 4 is 5.78 Å². The highest BCUT2D eigenvalue weighted by Gasteiger charge is 2.21. The number of nitriles is 1. The summed E-state index contributed by atoms with van der Waals surface area (Å²) in [4.78, 5) is 25.8. The second-order valence-electron chi connectivity index (χ2n) is 6.69. The first kappa shape index (κ1) is 19.0. The van der Waals surface area contributed by atoms with Crippen LogP contribution >= 0.6 is 0 Å². The topological polar surface area (TPSA) is 75.8 Å². The van der Waals surface area contributed by atoms with Gasteiger partial charge < -0.3 is 0 Å². The van der Waals surface area contributed by atoms with Gasteiger partial charge in [-0.3, -0.25) is 9.59 Å². The molecular formula is C25H17N3O2. The average Bonchev–Trinajstić information content (AvgIpc) is 2.81. The van der Waals surface area contributed by atoms with E-state index in [2.05, 4.69) is 5.10 Å². The number of hydrogen-bond donors (Lipinski definition) is 0. The fraction of sp³-hybridized carbons (Fsp3) is 0.0400. The molecule has 0 saturated heterocycles. The number of carbonyl (C=O) groups excluding carboxylic acids is 1. The number of nitrogens with zero attached hydrogens (tertiary/aromatic N) is 3. The third-order valence-corrected chi connectivity index (χ3v) is 4.77. The Morgan fingerprint density at radius 1 is 0.833 bits per heavy atom. The van der Waals surface area contributed by atoms with Gasteiger partial charge in [-0.1, -0.05) is 91.0 Å². The molecule has 1 aromatic heterocycles. The van der Waals surface area contributed by atoms with E-state index in [0.717, 1.165) is 15.8 Å². The van der Waals surface area contributed by atoms with Crippen molar-refractivity contribution in [2.45, 2.75) is 6.54 Å². The molecule has 0 radical (unpaired) electrons. The maximum atomic E-state index is 13.1. The van der Waals surface area contributed by atoms with E-state index in [9.17, 15) is 14.9 Å². The number of rotatable bonds is 5. The van der Waals surface area contributed by atoms with Crippen molar-refractivity contribution in [3.05, 3.63) is 112 Å². The highest BCUT2D eigenvalue weighted by atomic mass is 16.1. The predicted molar refractivity (Wildman–Crippen MR) is 115 cm³/mol. The van der Waals surface area contributed by atoms with Gasteiger partial charge in [-0.15, -0.1) is 0 Å². The molecule has 0 N–H and O–H groups in total. The standard InChI is InChI=1S/C25H17N3O2/c26-16-21-23(19-12-6-2-7-13-19)24(20-14-8-3-9-15-20)27-28(25(21)30)17-22(29)18-10-4-1-5-11-18/h1-15H,17H2. The van der Waals surface area contributed by atoms with Crippen molar-refractivity contribution in [1.29, 1.82) is 5.26 Å². The molecule has 1 heterocycles. The lowest BCUT2D eigenvalue weighted by Gasteiger charge is -2.14. The third-order valence-electron chi connectivity index (χ3n) is 4.77. The predicted octanol–water partition coefficient (Wildman–Crippen LogP) is 4.33. The zero-order chi connectivity index (χ0) is 20.9. The Bertz CT molecular complexity index is 1290. The summed E-state index contributed by atoms with van der Waals surface area (Å²) in [6, 6.07) is 29.3. The zero-order valence-electron chi connectivity index (χ0n) is 16.0. The SMILES string of the molecule is N#Cc1c(-c2ccccc2)c(-c2ccccc2)nn(CC(=O)c2ccccc2)c1=O. The first-order chi connectivity index (χ1) is 14.7. The third kappa shape index (κ3) is 3.67. The zero-order valence-corrected chi connectivity index (χ0v) is 16.0. The van der Waals surface area contributed by atoms with E-state index in [1.54, 1.807) is 24.3 Å². The number of Topliss-reactive ketones (excluding diaryl/α,β-unsaturated/α-hetero) is 1. The quantitative estimate of drug-likeness (QED) is 0.475. The van der Waals surface area contributed by atoms with Gasteiger partial charge in [0, 0.05) is 16.7 Å². The number of aromatic nitrogens is 2. The van der Waals surface area contributed by atoms with Gasteiger partial charge in [0.25, 0.3) is 5.56 Å². The Morgan fingerprint density at radius 2 is 1.37 bits per heavy atom. The van der Waals surface area contributed by atoms with Gasteiger partial charge in [0.05, 0.1) is 0 Å². The van der Waals surface area contributed by atoms with Gasteiger partial charge in [-0.25, -0.2) is 4.68 Å². The molecule has 0 saturated carbocycles. The summed E-state index contributed by atoms with van der Waals surface area (Å²) in [5, 5.41) is 14.4.